The second-order valence-electron chi connectivity index (χ2n) is 4.30. The average molecular weight is 362 g/mol. The minimum atomic E-state index is -0.767. The molecule has 0 spiro atoms. The highest BCUT2D eigenvalue weighted by molar-refractivity contribution is 9.10. The SMILES string of the molecule is COc1ccc(CC(Cl)c2c(F)cc(Br)cc2F)cc1. The van der Waals surface area contributed by atoms with E-state index in [-0.39, 0.29) is 5.56 Å². The molecule has 1 atom stereocenters. The molecule has 0 aliphatic rings. The lowest BCUT2D eigenvalue weighted by molar-refractivity contribution is 0.414. The molecule has 2 aromatic rings. The Bertz CT molecular complexity index is 578. The number of hydrogen-bond donors (Lipinski definition) is 0. The second kappa shape index (κ2) is 6.55. The Labute approximate surface area is 129 Å². The normalized spacial score (nSPS) is 12.2. The van der Waals surface area contributed by atoms with Crippen LogP contribution < -0.4 is 4.74 Å². The fraction of sp³-hybridized carbons (Fsp3) is 0.200. The van der Waals surface area contributed by atoms with Crippen molar-refractivity contribution in [2.24, 2.45) is 0 Å². The predicted octanol–water partition coefficient (Wildman–Crippen LogP) is 5.26. The van der Waals surface area contributed by atoms with Crippen LogP contribution in [0.5, 0.6) is 5.75 Å². The van der Waals surface area contributed by atoms with Gasteiger partial charge in [-0.1, -0.05) is 28.1 Å². The van der Waals surface area contributed by atoms with Crippen LogP contribution in [0, 0.1) is 11.6 Å². The molecule has 106 valence electrons. The molecule has 0 aliphatic heterocycles. The quantitative estimate of drug-likeness (QED) is 0.675. The fourth-order valence-corrected chi connectivity index (χ4v) is 2.71. The van der Waals surface area contributed by atoms with E-state index in [1.54, 1.807) is 19.2 Å². The highest BCUT2D eigenvalue weighted by Gasteiger charge is 2.19. The highest BCUT2D eigenvalue weighted by Crippen LogP contribution is 2.31. The van der Waals surface area contributed by atoms with Crippen molar-refractivity contribution in [2.75, 3.05) is 7.11 Å². The van der Waals surface area contributed by atoms with Crippen LogP contribution in [-0.2, 0) is 6.42 Å². The third-order valence-electron chi connectivity index (χ3n) is 2.93. The summed E-state index contributed by atoms with van der Waals surface area (Å²) >= 11 is 9.19. The number of halogens is 4. The molecule has 1 unspecified atom stereocenters. The van der Waals surface area contributed by atoms with Crippen molar-refractivity contribution in [3.63, 3.8) is 0 Å². The van der Waals surface area contributed by atoms with Crippen molar-refractivity contribution in [2.45, 2.75) is 11.8 Å². The van der Waals surface area contributed by atoms with Gasteiger partial charge in [0.25, 0.3) is 0 Å². The number of methoxy groups -OCH3 is 1. The molecule has 0 heterocycles. The van der Waals surface area contributed by atoms with Crippen LogP contribution in [0.3, 0.4) is 0 Å². The van der Waals surface area contributed by atoms with Gasteiger partial charge in [-0.2, -0.15) is 0 Å². The maximum atomic E-state index is 13.8. The van der Waals surface area contributed by atoms with E-state index in [2.05, 4.69) is 15.9 Å². The summed E-state index contributed by atoms with van der Waals surface area (Å²) in [6.07, 6.45) is 0.334. The zero-order valence-corrected chi connectivity index (χ0v) is 13.0. The van der Waals surface area contributed by atoms with E-state index in [0.29, 0.717) is 10.9 Å². The molecule has 0 aliphatic carbocycles. The number of hydrogen-bond acceptors (Lipinski definition) is 1. The first-order valence-corrected chi connectivity index (χ1v) is 7.15. The molecule has 0 fully saturated rings. The second-order valence-corrected chi connectivity index (χ2v) is 5.75. The summed E-state index contributed by atoms with van der Waals surface area (Å²) in [5, 5.41) is -0.767. The molecule has 1 nitrogen and oxygen atoms in total. The molecule has 0 saturated heterocycles. The van der Waals surface area contributed by atoms with Gasteiger partial charge >= 0.3 is 0 Å². The summed E-state index contributed by atoms with van der Waals surface area (Å²) in [6.45, 7) is 0. The van der Waals surface area contributed by atoms with Gasteiger partial charge in [0.2, 0.25) is 0 Å². The molecule has 20 heavy (non-hydrogen) atoms. The summed E-state index contributed by atoms with van der Waals surface area (Å²) in [7, 11) is 1.58. The Balaban J connectivity index is 2.21. The maximum Gasteiger partial charge on any atom is 0.131 e. The Hall–Kier alpha value is -1.13. The van der Waals surface area contributed by atoms with Crippen molar-refractivity contribution >= 4 is 27.5 Å². The topological polar surface area (TPSA) is 9.23 Å². The van der Waals surface area contributed by atoms with Gasteiger partial charge < -0.3 is 4.74 Å². The first-order chi connectivity index (χ1) is 9.51. The molecule has 5 heteroatoms. The van der Waals surface area contributed by atoms with Crippen LogP contribution in [0.4, 0.5) is 8.78 Å². The molecule has 0 bridgehead atoms. The zero-order chi connectivity index (χ0) is 14.7. The molecule has 2 rings (SSSR count). The predicted molar refractivity (Wildman–Crippen MR) is 79.4 cm³/mol. The number of rotatable bonds is 4. The van der Waals surface area contributed by atoms with Gasteiger partial charge in [0.1, 0.15) is 17.4 Å². The summed E-state index contributed by atoms with van der Waals surface area (Å²) in [5.74, 6) is -0.573. The van der Waals surface area contributed by atoms with Crippen LogP contribution in [0.2, 0.25) is 0 Å². The minimum absolute atomic E-state index is 0.106. The van der Waals surface area contributed by atoms with Gasteiger partial charge in [-0.25, -0.2) is 8.78 Å². The molecular weight excluding hydrogens is 350 g/mol. The van der Waals surface area contributed by atoms with Gasteiger partial charge in [-0.15, -0.1) is 11.6 Å². The first kappa shape index (κ1) is 15.3. The van der Waals surface area contributed by atoms with Gasteiger partial charge in [0.15, 0.2) is 0 Å². The van der Waals surface area contributed by atoms with Crippen molar-refractivity contribution in [1.82, 2.24) is 0 Å². The number of ether oxygens (including phenoxy) is 1. The van der Waals surface area contributed by atoms with Crippen LogP contribution in [0.1, 0.15) is 16.5 Å². The lowest BCUT2D eigenvalue weighted by Gasteiger charge is -2.13. The average Bonchev–Trinajstić information content (AvgIpc) is 2.38. The molecular formula is C15H12BrClF2O. The number of benzene rings is 2. The summed E-state index contributed by atoms with van der Waals surface area (Å²) < 4.78 is 33.0. The maximum absolute atomic E-state index is 13.8. The zero-order valence-electron chi connectivity index (χ0n) is 10.7. The smallest absolute Gasteiger partial charge is 0.131 e. The van der Waals surface area contributed by atoms with Crippen molar-refractivity contribution < 1.29 is 13.5 Å². The minimum Gasteiger partial charge on any atom is -0.497 e. The first-order valence-electron chi connectivity index (χ1n) is 5.92. The van der Waals surface area contributed by atoms with Crippen molar-refractivity contribution in [3.8, 4) is 5.75 Å². The van der Waals surface area contributed by atoms with Crippen LogP contribution in [-0.4, -0.2) is 7.11 Å². The monoisotopic (exact) mass is 360 g/mol. The van der Waals surface area contributed by atoms with E-state index in [0.717, 1.165) is 11.3 Å². The van der Waals surface area contributed by atoms with E-state index < -0.39 is 17.0 Å². The Kier molecular flexibility index (Phi) is 5.00. The molecule has 0 saturated carbocycles. The molecule has 0 N–H and O–H groups in total. The third kappa shape index (κ3) is 3.49. The van der Waals surface area contributed by atoms with E-state index in [9.17, 15) is 8.78 Å². The lowest BCUT2D eigenvalue weighted by atomic mass is 10.0. The highest BCUT2D eigenvalue weighted by atomic mass is 79.9. The molecule has 0 aromatic heterocycles. The summed E-state index contributed by atoms with van der Waals surface area (Å²) in [4.78, 5) is 0. The molecule has 0 amide bonds. The van der Waals surface area contributed by atoms with Crippen molar-refractivity contribution in [1.29, 1.82) is 0 Å². The summed E-state index contributed by atoms with van der Waals surface area (Å²) in [5.41, 5.74) is 0.776. The van der Waals surface area contributed by atoms with E-state index in [1.165, 1.54) is 12.1 Å². The van der Waals surface area contributed by atoms with Gasteiger partial charge in [0, 0.05) is 10.0 Å². The molecule has 0 radical (unpaired) electrons. The number of alkyl halides is 1. The van der Waals surface area contributed by atoms with Gasteiger partial charge in [-0.3, -0.25) is 0 Å². The Morgan fingerprint density at radius 3 is 2.20 bits per heavy atom. The summed E-state index contributed by atoms with van der Waals surface area (Å²) in [6, 6.07) is 9.63. The largest absolute Gasteiger partial charge is 0.497 e. The van der Waals surface area contributed by atoms with E-state index in [4.69, 9.17) is 16.3 Å². The van der Waals surface area contributed by atoms with Gasteiger partial charge in [-0.05, 0) is 36.2 Å². The van der Waals surface area contributed by atoms with E-state index in [1.807, 2.05) is 12.1 Å². The van der Waals surface area contributed by atoms with Crippen LogP contribution >= 0.6 is 27.5 Å². The standard InChI is InChI=1S/C15H12BrClF2O/c1-20-11-4-2-9(3-5-11)6-12(17)15-13(18)7-10(16)8-14(15)19/h2-5,7-8,12H,6H2,1H3. The van der Waals surface area contributed by atoms with Crippen LogP contribution in [0.25, 0.3) is 0 Å². The molecule has 2 aromatic carbocycles. The van der Waals surface area contributed by atoms with E-state index >= 15 is 0 Å². The van der Waals surface area contributed by atoms with Gasteiger partial charge in [0.05, 0.1) is 12.5 Å². The van der Waals surface area contributed by atoms with Crippen LogP contribution in [0.15, 0.2) is 40.9 Å². The lowest BCUT2D eigenvalue weighted by Crippen LogP contribution is -2.03. The Morgan fingerprint density at radius 1 is 1.15 bits per heavy atom. The Morgan fingerprint density at radius 2 is 1.70 bits per heavy atom. The fourth-order valence-electron chi connectivity index (χ4n) is 1.92. The van der Waals surface area contributed by atoms with Crippen molar-refractivity contribution in [3.05, 3.63) is 63.6 Å². The third-order valence-corrected chi connectivity index (χ3v) is 3.76.